The fourth-order valence-corrected chi connectivity index (χ4v) is 3.22. The van der Waals surface area contributed by atoms with Crippen LogP contribution in [0.25, 0.3) is 0 Å². The summed E-state index contributed by atoms with van der Waals surface area (Å²) in [5, 5.41) is -0.111. The molecule has 94 valence electrons. The standard InChI is InChI=1S/C13H16BrClO2/c1-8-3-6-12(17-8)13(15)10-5-4-9(16-2)7-11(10)14/h4-5,7-8,12-13H,3,6H2,1-2H3. The minimum atomic E-state index is -0.111. The third kappa shape index (κ3) is 2.95. The van der Waals surface area contributed by atoms with Gasteiger partial charge in [-0.25, -0.2) is 0 Å². The first-order chi connectivity index (χ1) is 8.11. The van der Waals surface area contributed by atoms with E-state index in [2.05, 4.69) is 22.9 Å². The van der Waals surface area contributed by atoms with Gasteiger partial charge in [-0.1, -0.05) is 22.0 Å². The Balaban J connectivity index is 2.16. The molecule has 1 saturated heterocycles. The van der Waals surface area contributed by atoms with Gasteiger partial charge >= 0.3 is 0 Å². The third-order valence-corrected chi connectivity index (χ3v) is 4.30. The fraction of sp³-hybridized carbons (Fsp3) is 0.538. The highest BCUT2D eigenvalue weighted by molar-refractivity contribution is 9.10. The van der Waals surface area contributed by atoms with Crippen LogP contribution >= 0.6 is 27.5 Å². The number of alkyl halides is 1. The molecule has 1 aromatic rings. The zero-order valence-electron chi connectivity index (χ0n) is 9.95. The van der Waals surface area contributed by atoms with Crippen LogP contribution in [0.5, 0.6) is 5.75 Å². The van der Waals surface area contributed by atoms with E-state index in [9.17, 15) is 0 Å². The van der Waals surface area contributed by atoms with Gasteiger partial charge in [0.1, 0.15) is 5.75 Å². The average molecular weight is 320 g/mol. The normalized spacial score (nSPS) is 25.9. The molecule has 0 saturated carbocycles. The molecule has 1 heterocycles. The van der Waals surface area contributed by atoms with Gasteiger partial charge in [-0.05, 0) is 37.5 Å². The van der Waals surface area contributed by atoms with Crippen LogP contribution in [0.2, 0.25) is 0 Å². The monoisotopic (exact) mass is 318 g/mol. The smallest absolute Gasteiger partial charge is 0.120 e. The van der Waals surface area contributed by atoms with Gasteiger partial charge < -0.3 is 9.47 Å². The van der Waals surface area contributed by atoms with Crippen molar-refractivity contribution in [2.75, 3.05) is 7.11 Å². The first-order valence-corrected chi connectivity index (χ1v) is 6.97. The maximum atomic E-state index is 6.48. The lowest BCUT2D eigenvalue weighted by Crippen LogP contribution is -2.15. The number of hydrogen-bond donors (Lipinski definition) is 0. The van der Waals surface area contributed by atoms with E-state index in [1.807, 2.05) is 18.2 Å². The molecule has 3 atom stereocenters. The lowest BCUT2D eigenvalue weighted by Gasteiger charge is -2.19. The van der Waals surface area contributed by atoms with Crippen molar-refractivity contribution >= 4 is 27.5 Å². The molecule has 3 unspecified atom stereocenters. The minimum absolute atomic E-state index is 0.108. The van der Waals surface area contributed by atoms with Gasteiger partial charge in [0, 0.05) is 4.47 Å². The van der Waals surface area contributed by atoms with Crippen LogP contribution < -0.4 is 4.74 Å². The van der Waals surface area contributed by atoms with Crippen LogP contribution in [0.4, 0.5) is 0 Å². The molecule has 0 bridgehead atoms. The lowest BCUT2D eigenvalue weighted by molar-refractivity contribution is 0.0532. The predicted octanol–water partition coefficient (Wildman–Crippen LogP) is 4.31. The molecule has 1 aliphatic rings. The van der Waals surface area contributed by atoms with Crippen molar-refractivity contribution in [3.8, 4) is 5.75 Å². The zero-order valence-corrected chi connectivity index (χ0v) is 12.3. The van der Waals surface area contributed by atoms with Crippen molar-refractivity contribution in [1.82, 2.24) is 0 Å². The van der Waals surface area contributed by atoms with E-state index in [1.165, 1.54) is 0 Å². The Bertz CT molecular complexity index is 397. The van der Waals surface area contributed by atoms with E-state index in [0.29, 0.717) is 6.10 Å². The van der Waals surface area contributed by atoms with Gasteiger partial charge in [0.25, 0.3) is 0 Å². The van der Waals surface area contributed by atoms with Crippen molar-refractivity contribution in [2.45, 2.75) is 37.4 Å². The van der Waals surface area contributed by atoms with E-state index in [1.54, 1.807) is 7.11 Å². The molecule has 0 aliphatic carbocycles. The van der Waals surface area contributed by atoms with Gasteiger partial charge in [0.2, 0.25) is 0 Å². The summed E-state index contributed by atoms with van der Waals surface area (Å²) in [7, 11) is 1.65. The summed E-state index contributed by atoms with van der Waals surface area (Å²) in [6, 6.07) is 5.85. The molecule has 1 aromatic carbocycles. The van der Waals surface area contributed by atoms with Crippen LogP contribution in [0.3, 0.4) is 0 Å². The first-order valence-electron chi connectivity index (χ1n) is 5.74. The Morgan fingerprint density at radius 2 is 2.24 bits per heavy atom. The lowest BCUT2D eigenvalue weighted by atomic mass is 10.0. The van der Waals surface area contributed by atoms with E-state index in [4.69, 9.17) is 21.1 Å². The molecule has 0 N–H and O–H groups in total. The largest absolute Gasteiger partial charge is 0.497 e. The SMILES string of the molecule is COc1ccc(C(Cl)C2CCC(C)O2)c(Br)c1. The summed E-state index contributed by atoms with van der Waals surface area (Å²) in [5.74, 6) is 0.824. The molecule has 0 spiro atoms. The van der Waals surface area contributed by atoms with Gasteiger partial charge in [-0.3, -0.25) is 0 Å². The summed E-state index contributed by atoms with van der Waals surface area (Å²) in [4.78, 5) is 0. The molecule has 4 heteroatoms. The average Bonchev–Trinajstić information content (AvgIpc) is 2.75. The molecule has 0 aromatic heterocycles. The van der Waals surface area contributed by atoms with Crippen LogP contribution in [0.1, 0.15) is 30.7 Å². The van der Waals surface area contributed by atoms with E-state index < -0.39 is 0 Å². The maximum Gasteiger partial charge on any atom is 0.120 e. The number of hydrogen-bond acceptors (Lipinski definition) is 2. The van der Waals surface area contributed by atoms with E-state index in [0.717, 1.165) is 28.6 Å². The number of benzene rings is 1. The predicted molar refractivity (Wildman–Crippen MR) is 72.9 cm³/mol. The summed E-state index contributed by atoms with van der Waals surface area (Å²) < 4.78 is 11.9. The van der Waals surface area contributed by atoms with E-state index >= 15 is 0 Å². The zero-order chi connectivity index (χ0) is 12.4. The maximum absolute atomic E-state index is 6.48. The van der Waals surface area contributed by atoms with Crippen LogP contribution in [0, 0.1) is 0 Å². The van der Waals surface area contributed by atoms with Crippen LogP contribution in [0.15, 0.2) is 22.7 Å². The Morgan fingerprint density at radius 3 is 2.76 bits per heavy atom. The van der Waals surface area contributed by atoms with Gasteiger partial charge in [0.15, 0.2) is 0 Å². The van der Waals surface area contributed by atoms with Crippen molar-refractivity contribution in [3.63, 3.8) is 0 Å². The van der Waals surface area contributed by atoms with Crippen LogP contribution in [-0.4, -0.2) is 19.3 Å². The van der Waals surface area contributed by atoms with E-state index in [-0.39, 0.29) is 11.5 Å². The van der Waals surface area contributed by atoms with Gasteiger partial charge in [-0.2, -0.15) is 0 Å². The molecule has 0 radical (unpaired) electrons. The van der Waals surface area contributed by atoms with Crippen molar-refractivity contribution in [2.24, 2.45) is 0 Å². The minimum Gasteiger partial charge on any atom is -0.497 e. The van der Waals surface area contributed by atoms with Crippen molar-refractivity contribution in [1.29, 1.82) is 0 Å². The highest BCUT2D eigenvalue weighted by Gasteiger charge is 2.30. The van der Waals surface area contributed by atoms with Crippen molar-refractivity contribution in [3.05, 3.63) is 28.2 Å². The second kappa shape index (κ2) is 5.59. The molecule has 17 heavy (non-hydrogen) atoms. The number of ether oxygens (including phenoxy) is 2. The highest BCUT2D eigenvalue weighted by Crippen LogP contribution is 2.38. The Morgan fingerprint density at radius 1 is 1.47 bits per heavy atom. The Kier molecular flexibility index (Phi) is 4.34. The quantitative estimate of drug-likeness (QED) is 0.773. The second-order valence-corrected chi connectivity index (χ2v) is 5.68. The summed E-state index contributed by atoms with van der Waals surface area (Å²) in [5.41, 5.74) is 1.06. The molecule has 1 fully saturated rings. The van der Waals surface area contributed by atoms with Gasteiger partial charge in [0.05, 0.1) is 24.7 Å². The van der Waals surface area contributed by atoms with Gasteiger partial charge in [-0.15, -0.1) is 11.6 Å². The molecule has 1 aliphatic heterocycles. The molecular weight excluding hydrogens is 303 g/mol. The fourth-order valence-electron chi connectivity index (χ4n) is 2.11. The summed E-state index contributed by atoms with van der Waals surface area (Å²) in [6.45, 7) is 2.09. The summed E-state index contributed by atoms with van der Waals surface area (Å²) in [6.07, 6.45) is 2.53. The summed E-state index contributed by atoms with van der Waals surface area (Å²) >= 11 is 10.0. The molecule has 2 rings (SSSR count). The van der Waals surface area contributed by atoms with Crippen LogP contribution in [-0.2, 0) is 4.74 Å². The Labute approximate surface area is 115 Å². The first kappa shape index (κ1) is 13.2. The molecule has 2 nitrogen and oxygen atoms in total. The Hall–Kier alpha value is -0.250. The molecular formula is C13H16BrClO2. The highest BCUT2D eigenvalue weighted by atomic mass is 79.9. The number of halogens is 2. The third-order valence-electron chi connectivity index (χ3n) is 3.10. The van der Waals surface area contributed by atoms with Crippen molar-refractivity contribution < 1.29 is 9.47 Å². The number of rotatable bonds is 3. The number of methoxy groups -OCH3 is 1. The topological polar surface area (TPSA) is 18.5 Å². The molecule has 0 amide bonds. The second-order valence-electron chi connectivity index (χ2n) is 4.35.